The molecule has 2 aromatic rings. The molecule has 136 valence electrons. The average molecular weight is 369 g/mol. The maximum atomic E-state index is 12.7. The number of hydrogen-bond acceptors (Lipinski definition) is 5. The Labute approximate surface area is 157 Å². The van der Waals surface area contributed by atoms with Gasteiger partial charge in [-0.1, -0.05) is 6.07 Å². The molecule has 0 atom stereocenters. The van der Waals surface area contributed by atoms with Gasteiger partial charge in [-0.2, -0.15) is 0 Å². The predicted molar refractivity (Wildman–Crippen MR) is 102 cm³/mol. The summed E-state index contributed by atoms with van der Waals surface area (Å²) in [5.41, 5.74) is 0.910. The molecule has 0 radical (unpaired) electrons. The lowest BCUT2D eigenvalue weighted by Crippen LogP contribution is -2.60. The van der Waals surface area contributed by atoms with Gasteiger partial charge in [0.1, 0.15) is 5.82 Å². The van der Waals surface area contributed by atoms with E-state index in [-0.39, 0.29) is 11.4 Å². The molecule has 2 aromatic heterocycles. The molecule has 0 aliphatic heterocycles. The van der Waals surface area contributed by atoms with Crippen molar-refractivity contribution < 1.29 is 4.79 Å². The van der Waals surface area contributed by atoms with Gasteiger partial charge in [0.05, 0.1) is 12.1 Å². The van der Waals surface area contributed by atoms with E-state index in [1.807, 2.05) is 23.6 Å². The van der Waals surface area contributed by atoms with Crippen molar-refractivity contribution in [1.29, 1.82) is 0 Å². The Balaban J connectivity index is 1.21. The molecule has 0 aromatic carbocycles. The fraction of sp³-hybridized carbons (Fsp3) is 0.550. The highest BCUT2D eigenvalue weighted by Crippen LogP contribution is 2.55. The second-order valence-corrected chi connectivity index (χ2v) is 9.26. The lowest BCUT2D eigenvalue weighted by Gasteiger charge is -2.56. The average Bonchev–Trinajstić information content (AvgIpc) is 3.00. The summed E-state index contributed by atoms with van der Waals surface area (Å²) in [4.78, 5) is 21.5. The van der Waals surface area contributed by atoms with Gasteiger partial charge in [-0.25, -0.2) is 9.97 Å². The van der Waals surface area contributed by atoms with Gasteiger partial charge < -0.3 is 10.6 Å². The van der Waals surface area contributed by atoms with E-state index < -0.39 is 0 Å². The fourth-order valence-electron chi connectivity index (χ4n) is 5.76. The first-order chi connectivity index (χ1) is 12.7. The van der Waals surface area contributed by atoms with Crippen LogP contribution in [0.15, 0.2) is 29.8 Å². The summed E-state index contributed by atoms with van der Waals surface area (Å²) in [7, 11) is 0. The van der Waals surface area contributed by atoms with Gasteiger partial charge in [0, 0.05) is 17.1 Å². The minimum Gasteiger partial charge on any atom is -0.350 e. The number of carbonyl (C=O) groups excluding carboxylic acids is 1. The third-order valence-electron chi connectivity index (χ3n) is 6.24. The monoisotopic (exact) mass is 368 g/mol. The van der Waals surface area contributed by atoms with Gasteiger partial charge in [0.2, 0.25) is 5.91 Å². The van der Waals surface area contributed by atoms with Crippen LogP contribution >= 0.6 is 11.3 Å². The highest BCUT2D eigenvalue weighted by Gasteiger charge is 2.51. The van der Waals surface area contributed by atoms with Crippen LogP contribution in [0.25, 0.3) is 0 Å². The van der Waals surface area contributed by atoms with Crippen molar-refractivity contribution in [2.24, 2.45) is 17.8 Å². The third kappa shape index (κ3) is 3.22. The lowest BCUT2D eigenvalue weighted by atomic mass is 9.53. The number of thiazole rings is 1. The molecule has 26 heavy (non-hydrogen) atoms. The molecule has 6 heteroatoms. The summed E-state index contributed by atoms with van der Waals surface area (Å²) in [6, 6.07) is 5.72. The number of nitrogens with one attached hydrogen (secondary N) is 2. The Bertz CT molecular complexity index is 768. The molecule has 0 saturated heterocycles. The molecule has 0 spiro atoms. The smallest absolute Gasteiger partial charge is 0.226 e. The van der Waals surface area contributed by atoms with Crippen molar-refractivity contribution >= 4 is 28.2 Å². The molecular weight excluding hydrogens is 344 g/mol. The summed E-state index contributed by atoms with van der Waals surface area (Å²) in [6.07, 6.45) is 9.85. The number of pyridine rings is 1. The van der Waals surface area contributed by atoms with Crippen LogP contribution in [-0.2, 0) is 11.2 Å². The minimum atomic E-state index is 0.0803. The van der Waals surface area contributed by atoms with Crippen molar-refractivity contribution in [2.45, 2.75) is 50.5 Å². The number of hydrogen-bond donors (Lipinski definition) is 2. The number of anilines is 2. The SMILES string of the molecule is O=C(Cc1csc(Nc2ccccn2)n1)NC12CC3CC(CC(C3)C1)C2. The Morgan fingerprint density at radius 3 is 2.54 bits per heavy atom. The Morgan fingerprint density at radius 1 is 1.15 bits per heavy atom. The highest BCUT2D eigenvalue weighted by atomic mass is 32.1. The van der Waals surface area contributed by atoms with E-state index >= 15 is 0 Å². The van der Waals surface area contributed by atoms with Crippen LogP contribution < -0.4 is 10.6 Å². The topological polar surface area (TPSA) is 66.9 Å². The number of aromatic nitrogens is 2. The van der Waals surface area contributed by atoms with Crippen LogP contribution in [0.2, 0.25) is 0 Å². The van der Waals surface area contributed by atoms with Gasteiger partial charge in [-0.15, -0.1) is 11.3 Å². The van der Waals surface area contributed by atoms with E-state index in [9.17, 15) is 4.79 Å². The number of rotatable bonds is 5. The van der Waals surface area contributed by atoms with E-state index in [1.165, 1.54) is 49.9 Å². The van der Waals surface area contributed by atoms with Crippen molar-refractivity contribution in [1.82, 2.24) is 15.3 Å². The van der Waals surface area contributed by atoms with Crippen molar-refractivity contribution in [3.8, 4) is 0 Å². The fourth-order valence-corrected chi connectivity index (χ4v) is 6.48. The summed E-state index contributed by atoms with van der Waals surface area (Å²) >= 11 is 1.51. The van der Waals surface area contributed by atoms with Crippen LogP contribution in [0.5, 0.6) is 0 Å². The molecule has 4 aliphatic carbocycles. The van der Waals surface area contributed by atoms with Gasteiger partial charge in [-0.05, 0) is 68.4 Å². The maximum Gasteiger partial charge on any atom is 0.226 e. The highest BCUT2D eigenvalue weighted by molar-refractivity contribution is 7.13. The Morgan fingerprint density at radius 2 is 1.88 bits per heavy atom. The zero-order valence-electron chi connectivity index (χ0n) is 14.8. The van der Waals surface area contributed by atoms with E-state index in [1.54, 1.807) is 6.20 Å². The first-order valence-corrected chi connectivity index (χ1v) is 10.5. The van der Waals surface area contributed by atoms with Crippen molar-refractivity contribution in [3.05, 3.63) is 35.5 Å². The predicted octanol–water partition coefficient (Wildman–Crippen LogP) is 3.91. The van der Waals surface area contributed by atoms with Crippen molar-refractivity contribution in [3.63, 3.8) is 0 Å². The van der Waals surface area contributed by atoms with E-state index in [2.05, 4.69) is 20.6 Å². The number of amides is 1. The summed E-state index contributed by atoms with van der Waals surface area (Å²) in [5, 5.41) is 9.36. The van der Waals surface area contributed by atoms with E-state index in [0.717, 1.165) is 34.4 Å². The van der Waals surface area contributed by atoms with Crippen LogP contribution in [0.1, 0.15) is 44.2 Å². The molecule has 4 fully saturated rings. The second kappa shape index (κ2) is 6.34. The van der Waals surface area contributed by atoms with Gasteiger partial charge in [0.25, 0.3) is 0 Å². The summed E-state index contributed by atoms with van der Waals surface area (Å²) in [6.45, 7) is 0. The van der Waals surface area contributed by atoms with E-state index in [4.69, 9.17) is 0 Å². The zero-order chi connectivity index (χ0) is 17.6. The molecule has 1 amide bonds. The minimum absolute atomic E-state index is 0.0803. The summed E-state index contributed by atoms with van der Waals surface area (Å²) < 4.78 is 0. The van der Waals surface area contributed by atoms with E-state index in [0.29, 0.717) is 6.42 Å². The first kappa shape index (κ1) is 16.2. The second-order valence-electron chi connectivity index (χ2n) is 8.41. The zero-order valence-corrected chi connectivity index (χ0v) is 15.6. The largest absolute Gasteiger partial charge is 0.350 e. The van der Waals surface area contributed by atoms with Gasteiger partial charge >= 0.3 is 0 Å². The van der Waals surface area contributed by atoms with Gasteiger partial charge in [-0.3, -0.25) is 4.79 Å². The maximum absolute atomic E-state index is 12.7. The quantitative estimate of drug-likeness (QED) is 0.840. The van der Waals surface area contributed by atoms with Gasteiger partial charge in [0.15, 0.2) is 5.13 Å². The number of carbonyl (C=O) groups is 1. The third-order valence-corrected chi connectivity index (χ3v) is 7.04. The van der Waals surface area contributed by atoms with Crippen LogP contribution in [0, 0.1) is 17.8 Å². The molecule has 4 bridgehead atoms. The lowest BCUT2D eigenvalue weighted by molar-refractivity contribution is -0.126. The van der Waals surface area contributed by atoms with Crippen LogP contribution in [0.4, 0.5) is 10.9 Å². The van der Waals surface area contributed by atoms with Crippen molar-refractivity contribution in [2.75, 3.05) is 5.32 Å². The molecule has 2 N–H and O–H groups in total. The molecule has 4 saturated carbocycles. The standard InChI is InChI=1S/C20H24N4OS/c25-18(24-20-9-13-5-14(10-20)7-15(6-13)11-20)8-16-12-26-19(22-16)23-17-3-1-2-4-21-17/h1-4,12-15H,5-11H2,(H,24,25)(H,21,22,23). The normalized spacial score (nSPS) is 31.8. The molecular formula is C20H24N4OS. The molecule has 6 rings (SSSR count). The molecule has 4 aliphatic rings. The molecule has 5 nitrogen and oxygen atoms in total. The number of nitrogens with zero attached hydrogens (tertiary/aromatic N) is 2. The molecule has 2 heterocycles. The summed E-state index contributed by atoms with van der Waals surface area (Å²) in [5.74, 6) is 3.42. The Kier molecular flexibility index (Phi) is 3.96. The Hall–Kier alpha value is -1.95. The van der Waals surface area contributed by atoms with Crippen LogP contribution in [0.3, 0.4) is 0 Å². The first-order valence-electron chi connectivity index (χ1n) is 9.59. The molecule has 0 unspecified atom stereocenters. The van der Waals surface area contributed by atoms with Crippen LogP contribution in [-0.4, -0.2) is 21.4 Å².